The number of carbonyl (C=O) groups is 1. The summed E-state index contributed by atoms with van der Waals surface area (Å²) in [7, 11) is 1.99. The molecule has 1 aromatic carbocycles. The summed E-state index contributed by atoms with van der Waals surface area (Å²) in [6, 6.07) is 8.24. The highest BCUT2D eigenvalue weighted by atomic mass is 16.4. The Morgan fingerprint density at radius 1 is 1.42 bits per heavy atom. The van der Waals surface area contributed by atoms with Crippen molar-refractivity contribution < 1.29 is 9.90 Å². The summed E-state index contributed by atoms with van der Waals surface area (Å²) in [5.41, 5.74) is 2.45. The number of carboxylic acids is 1. The molecule has 4 nitrogen and oxygen atoms in total. The van der Waals surface area contributed by atoms with Gasteiger partial charge in [-0.05, 0) is 25.1 Å². The molecule has 0 saturated heterocycles. The van der Waals surface area contributed by atoms with Gasteiger partial charge in [-0.15, -0.1) is 0 Å². The summed E-state index contributed by atoms with van der Waals surface area (Å²) < 4.78 is 0. The number of aromatic nitrogens is 1. The maximum atomic E-state index is 10.4. The Kier molecular flexibility index (Phi) is 4.36. The molecule has 1 heterocycles. The van der Waals surface area contributed by atoms with Gasteiger partial charge in [0.2, 0.25) is 0 Å². The summed E-state index contributed by atoms with van der Waals surface area (Å²) in [5.74, 6) is -0.898. The standard InChI is InChI=1S/C15H18N2O2/c1-17(9-4-7-15(18)19)10-8-12-11-16-14-6-3-2-5-13(12)14/h2-7,11,16H,8-10H2,1H3,(H,18,19)/b7-4+. The molecule has 1 aromatic heterocycles. The highest BCUT2D eigenvalue weighted by Gasteiger charge is 2.04. The van der Waals surface area contributed by atoms with E-state index in [1.165, 1.54) is 17.0 Å². The van der Waals surface area contributed by atoms with Crippen molar-refractivity contribution in [2.45, 2.75) is 6.42 Å². The highest BCUT2D eigenvalue weighted by Crippen LogP contribution is 2.18. The molecule has 0 bridgehead atoms. The number of fused-ring (bicyclic) bond motifs is 1. The molecule has 2 rings (SSSR count). The number of rotatable bonds is 6. The van der Waals surface area contributed by atoms with Gasteiger partial charge in [-0.3, -0.25) is 0 Å². The molecule has 4 heteroatoms. The number of aromatic amines is 1. The van der Waals surface area contributed by atoms with Crippen molar-refractivity contribution in [1.82, 2.24) is 9.88 Å². The fourth-order valence-electron chi connectivity index (χ4n) is 2.07. The van der Waals surface area contributed by atoms with Crippen LogP contribution in [0.15, 0.2) is 42.6 Å². The number of hydrogen-bond donors (Lipinski definition) is 2. The Balaban J connectivity index is 1.90. The van der Waals surface area contributed by atoms with Crippen molar-refractivity contribution in [3.05, 3.63) is 48.2 Å². The van der Waals surface area contributed by atoms with Crippen LogP contribution in [0.2, 0.25) is 0 Å². The van der Waals surface area contributed by atoms with E-state index in [2.05, 4.69) is 22.0 Å². The third-order valence-electron chi connectivity index (χ3n) is 3.12. The minimum atomic E-state index is -0.898. The quantitative estimate of drug-likeness (QED) is 0.782. The van der Waals surface area contributed by atoms with Crippen molar-refractivity contribution in [3.63, 3.8) is 0 Å². The van der Waals surface area contributed by atoms with Crippen LogP contribution in [0, 0.1) is 0 Å². The Hall–Kier alpha value is -2.07. The van der Waals surface area contributed by atoms with Crippen LogP contribution in [0.3, 0.4) is 0 Å². The molecule has 0 unspecified atom stereocenters. The molecule has 0 aliphatic heterocycles. The highest BCUT2D eigenvalue weighted by molar-refractivity contribution is 5.83. The van der Waals surface area contributed by atoms with Crippen LogP contribution in [-0.2, 0) is 11.2 Å². The molecular weight excluding hydrogens is 240 g/mol. The molecular formula is C15H18N2O2. The second-order valence-electron chi connectivity index (χ2n) is 4.61. The summed E-state index contributed by atoms with van der Waals surface area (Å²) in [6.45, 7) is 1.54. The summed E-state index contributed by atoms with van der Waals surface area (Å²) in [4.78, 5) is 15.7. The van der Waals surface area contributed by atoms with E-state index in [4.69, 9.17) is 5.11 Å². The first kappa shape index (κ1) is 13.4. The molecule has 0 amide bonds. The van der Waals surface area contributed by atoms with Crippen LogP contribution < -0.4 is 0 Å². The Morgan fingerprint density at radius 2 is 2.21 bits per heavy atom. The van der Waals surface area contributed by atoms with Crippen molar-refractivity contribution in [1.29, 1.82) is 0 Å². The van der Waals surface area contributed by atoms with Crippen LogP contribution in [0.5, 0.6) is 0 Å². The van der Waals surface area contributed by atoms with Gasteiger partial charge in [0.1, 0.15) is 0 Å². The Bertz CT molecular complexity index is 587. The predicted molar refractivity (Wildman–Crippen MR) is 76.3 cm³/mol. The zero-order valence-corrected chi connectivity index (χ0v) is 11.0. The van der Waals surface area contributed by atoms with Crippen molar-refractivity contribution in [2.75, 3.05) is 20.1 Å². The van der Waals surface area contributed by atoms with E-state index in [1.807, 2.05) is 25.4 Å². The van der Waals surface area contributed by atoms with Crippen molar-refractivity contribution >= 4 is 16.9 Å². The summed E-state index contributed by atoms with van der Waals surface area (Å²) in [5, 5.41) is 9.78. The maximum Gasteiger partial charge on any atom is 0.328 e. The van der Waals surface area contributed by atoms with E-state index >= 15 is 0 Å². The molecule has 0 fully saturated rings. The van der Waals surface area contributed by atoms with Gasteiger partial charge < -0.3 is 15.0 Å². The number of likely N-dealkylation sites (N-methyl/N-ethyl adjacent to an activating group) is 1. The van der Waals surface area contributed by atoms with Crippen LogP contribution in [0.4, 0.5) is 0 Å². The van der Waals surface area contributed by atoms with Crippen LogP contribution in [0.1, 0.15) is 5.56 Å². The smallest absolute Gasteiger partial charge is 0.328 e. The van der Waals surface area contributed by atoms with Gasteiger partial charge in [-0.2, -0.15) is 0 Å². The Labute approximate surface area is 112 Å². The fourth-order valence-corrected chi connectivity index (χ4v) is 2.07. The van der Waals surface area contributed by atoms with Crippen LogP contribution >= 0.6 is 0 Å². The van der Waals surface area contributed by atoms with Gasteiger partial charge in [0.05, 0.1) is 0 Å². The van der Waals surface area contributed by atoms with Crippen molar-refractivity contribution in [2.24, 2.45) is 0 Å². The predicted octanol–water partition coefficient (Wildman–Crippen LogP) is 2.28. The molecule has 19 heavy (non-hydrogen) atoms. The lowest BCUT2D eigenvalue weighted by atomic mass is 10.1. The largest absolute Gasteiger partial charge is 0.478 e. The van der Waals surface area contributed by atoms with E-state index in [0.29, 0.717) is 6.54 Å². The van der Waals surface area contributed by atoms with E-state index in [1.54, 1.807) is 6.08 Å². The number of carboxylic acid groups (broad SMARTS) is 1. The lowest BCUT2D eigenvalue weighted by Gasteiger charge is -2.13. The number of para-hydroxylation sites is 1. The first-order chi connectivity index (χ1) is 9.16. The second kappa shape index (κ2) is 6.20. The van der Waals surface area contributed by atoms with E-state index in [-0.39, 0.29) is 0 Å². The summed E-state index contributed by atoms with van der Waals surface area (Å²) in [6.07, 6.45) is 5.84. The van der Waals surface area contributed by atoms with E-state index in [0.717, 1.165) is 18.5 Å². The average Bonchev–Trinajstić information content (AvgIpc) is 2.79. The molecule has 0 aliphatic carbocycles. The molecule has 2 aromatic rings. The van der Waals surface area contributed by atoms with Gasteiger partial charge in [-0.25, -0.2) is 4.79 Å². The molecule has 0 aliphatic rings. The first-order valence-electron chi connectivity index (χ1n) is 6.30. The lowest BCUT2D eigenvalue weighted by molar-refractivity contribution is -0.131. The van der Waals surface area contributed by atoms with Crippen molar-refractivity contribution in [3.8, 4) is 0 Å². The molecule has 0 spiro atoms. The zero-order valence-electron chi connectivity index (χ0n) is 11.0. The number of nitrogens with one attached hydrogen (secondary N) is 1. The maximum absolute atomic E-state index is 10.4. The van der Waals surface area contributed by atoms with Gasteiger partial charge in [0.25, 0.3) is 0 Å². The average molecular weight is 258 g/mol. The molecule has 2 N–H and O–H groups in total. The number of H-pyrrole nitrogens is 1. The van der Waals surface area contributed by atoms with Gasteiger partial charge in [0.15, 0.2) is 0 Å². The molecule has 0 atom stereocenters. The van der Waals surface area contributed by atoms with Gasteiger partial charge >= 0.3 is 5.97 Å². The first-order valence-corrected chi connectivity index (χ1v) is 6.30. The molecule has 0 saturated carbocycles. The third kappa shape index (κ3) is 3.69. The summed E-state index contributed by atoms with van der Waals surface area (Å²) >= 11 is 0. The zero-order chi connectivity index (χ0) is 13.7. The number of benzene rings is 1. The second-order valence-corrected chi connectivity index (χ2v) is 4.61. The normalized spacial score (nSPS) is 11.7. The van der Waals surface area contributed by atoms with E-state index in [9.17, 15) is 4.79 Å². The van der Waals surface area contributed by atoms with Crippen LogP contribution in [-0.4, -0.2) is 41.1 Å². The van der Waals surface area contributed by atoms with Gasteiger partial charge in [-0.1, -0.05) is 24.3 Å². The van der Waals surface area contributed by atoms with Crippen LogP contribution in [0.25, 0.3) is 10.9 Å². The minimum Gasteiger partial charge on any atom is -0.478 e. The topological polar surface area (TPSA) is 56.3 Å². The minimum absolute atomic E-state index is 0.647. The number of aliphatic carboxylic acids is 1. The van der Waals surface area contributed by atoms with Gasteiger partial charge in [0, 0.05) is 36.3 Å². The number of hydrogen-bond acceptors (Lipinski definition) is 2. The third-order valence-corrected chi connectivity index (χ3v) is 3.12. The monoisotopic (exact) mass is 258 g/mol. The number of nitrogens with zero attached hydrogens (tertiary/aromatic N) is 1. The fraction of sp³-hybridized carbons (Fsp3) is 0.267. The lowest BCUT2D eigenvalue weighted by Crippen LogP contribution is -2.21. The molecule has 100 valence electrons. The van der Waals surface area contributed by atoms with E-state index < -0.39 is 5.97 Å². The Morgan fingerprint density at radius 3 is 3.00 bits per heavy atom. The SMILES string of the molecule is CN(C/C=C/C(=O)O)CCc1c[nH]c2ccccc12. The molecule has 0 radical (unpaired) electrons.